The van der Waals surface area contributed by atoms with Crippen molar-refractivity contribution in [2.24, 2.45) is 0 Å². The highest BCUT2D eigenvalue weighted by atomic mass is 79.9. The van der Waals surface area contributed by atoms with E-state index in [0.29, 0.717) is 32.2 Å². The maximum Gasteiger partial charge on any atom is 0.289 e. The summed E-state index contributed by atoms with van der Waals surface area (Å²) >= 11 is 8.05. The fraction of sp³-hybridized carbons (Fsp3) is 0.160. The quantitative estimate of drug-likeness (QED) is 0.304. The first-order valence-electron chi connectivity index (χ1n) is 10.2. The molecule has 1 heterocycles. The molecule has 172 valence electrons. The van der Waals surface area contributed by atoms with Gasteiger partial charge in [0, 0.05) is 5.56 Å². The van der Waals surface area contributed by atoms with E-state index >= 15 is 0 Å². The minimum absolute atomic E-state index is 0.117. The van der Waals surface area contributed by atoms with E-state index in [1.807, 2.05) is 24.3 Å². The first-order valence-corrected chi connectivity index (χ1v) is 12.7. The number of ether oxygens (including phenoxy) is 1. The van der Waals surface area contributed by atoms with Crippen LogP contribution in [0, 0.1) is 17.1 Å². The molecule has 0 radical (unpaired) electrons. The number of hydrogen-bond acceptors (Lipinski definition) is 5. The van der Waals surface area contributed by atoms with Crippen molar-refractivity contribution >= 4 is 54.8 Å². The number of benzene rings is 3. The summed E-state index contributed by atoms with van der Waals surface area (Å²) in [6.45, 7) is 0.343. The number of nitrogens with zero attached hydrogens (tertiary/aromatic N) is 2. The van der Waals surface area contributed by atoms with Gasteiger partial charge >= 0.3 is 0 Å². The van der Waals surface area contributed by atoms with E-state index in [0.717, 1.165) is 22.9 Å². The normalized spacial score (nSPS) is 15.5. The lowest BCUT2D eigenvalue weighted by Crippen LogP contribution is -2.31. The summed E-state index contributed by atoms with van der Waals surface area (Å²) in [5.74, 6) is -0.0520. The number of carbonyl (C=O) groups excluding carboxylic acids is 2. The van der Waals surface area contributed by atoms with Crippen LogP contribution in [0.4, 0.5) is 9.18 Å². The topological polar surface area (TPSA) is 70.4 Å². The molecule has 1 aliphatic rings. The SMILES string of the molecule is N#Cc1ccccc1COc1c(Br)cc(C[C@@H]2SC(=O)N(Cc3ccc(F)cc3)C2=O)cc1Br. The molecule has 3 aromatic carbocycles. The number of carbonyl (C=O) groups is 2. The van der Waals surface area contributed by atoms with E-state index in [4.69, 9.17) is 4.74 Å². The zero-order valence-corrected chi connectivity index (χ0v) is 21.6. The first-order chi connectivity index (χ1) is 16.4. The second-order valence-corrected chi connectivity index (χ2v) is 10.4. The summed E-state index contributed by atoms with van der Waals surface area (Å²) < 4.78 is 20.5. The van der Waals surface area contributed by atoms with E-state index in [1.54, 1.807) is 24.3 Å². The van der Waals surface area contributed by atoms with Crippen LogP contribution in [0.2, 0.25) is 0 Å². The molecule has 0 aromatic heterocycles. The standard InChI is InChI=1S/C25H17Br2FN2O3S/c26-20-9-16(10-21(27)23(20)33-14-18-4-2-1-3-17(18)12-29)11-22-24(31)30(25(32)34-22)13-15-5-7-19(28)8-6-15/h1-10,22H,11,13-14H2/t22-/m0/s1. The Morgan fingerprint density at radius 1 is 1.03 bits per heavy atom. The van der Waals surface area contributed by atoms with Crippen molar-refractivity contribution in [3.05, 3.63) is 97.7 Å². The van der Waals surface area contributed by atoms with Crippen molar-refractivity contribution in [2.45, 2.75) is 24.8 Å². The van der Waals surface area contributed by atoms with E-state index in [-0.39, 0.29) is 30.1 Å². The Morgan fingerprint density at radius 3 is 2.38 bits per heavy atom. The molecule has 0 unspecified atom stereocenters. The molecule has 2 amide bonds. The van der Waals surface area contributed by atoms with Gasteiger partial charge in [-0.3, -0.25) is 14.5 Å². The van der Waals surface area contributed by atoms with E-state index in [9.17, 15) is 19.2 Å². The predicted molar refractivity (Wildman–Crippen MR) is 135 cm³/mol. The summed E-state index contributed by atoms with van der Waals surface area (Å²) in [5.41, 5.74) is 2.87. The summed E-state index contributed by atoms with van der Waals surface area (Å²) in [5, 5.41) is 8.40. The Kier molecular flexibility index (Phi) is 7.71. The summed E-state index contributed by atoms with van der Waals surface area (Å²) in [7, 11) is 0. The smallest absolute Gasteiger partial charge is 0.289 e. The number of rotatable bonds is 7. The van der Waals surface area contributed by atoms with Crippen molar-refractivity contribution in [3.63, 3.8) is 0 Å². The average molecular weight is 604 g/mol. The highest BCUT2D eigenvalue weighted by Gasteiger charge is 2.39. The molecule has 34 heavy (non-hydrogen) atoms. The Bertz CT molecular complexity index is 1270. The van der Waals surface area contributed by atoms with Gasteiger partial charge in [0.2, 0.25) is 5.91 Å². The second-order valence-electron chi connectivity index (χ2n) is 7.57. The highest BCUT2D eigenvalue weighted by Crippen LogP contribution is 2.38. The molecule has 0 spiro atoms. The highest BCUT2D eigenvalue weighted by molar-refractivity contribution is 9.11. The third-order valence-electron chi connectivity index (χ3n) is 5.25. The molecule has 1 aliphatic heterocycles. The molecule has 3 aromatic rings. The monoisotopic (exact) mass is 602 g/mol. The molecule has 4 rings (SSSR count). The number of nitriles is 1. The summed E-state index contributed by atoms with van der Waals surface area (Å²) in [6.07, 6.45) is 0.365. The Morgan fingerprint density at radius 2 is 1.71 bits per heavy atom. The molecule has 9 heteroatoms. The molecule has 5 nitrogen and oxygen atoms in total. The van der Waals surface area contributed by atoms with Crippen LogP contribution in [0.15, 0.2) is 69.6 Å². The van der Waals surface area contributed by atoms with Gasteiger partial charge in [0.05, 0.1) is 32.4 Å². The largest absolute Gasteiger partial charge is 0.486 e. The van der Waals surface area contributed by atoms with Gasteiger partial charge in [-0.15, -0.1) is 0 Å². The Balaban J connectivity index is 1.44. The molecule has 0 bridgehead atoms. The van der Waals surface area contributed by atoms with Gasteiger partial charge in [-0.1, -0.05) is 42.1 Å². The second kappa shape index (κ2) is 10.7. The Labute approximate surface area is 217 Å². The van der Waals surface area contributed by atoms with Gasteiger partial charge in [0.1, 0.15) is 18.2 Å². The van der Waals surface area contributed by atoms with Crippen LogP contribution in [-0.4, -0.2) is 21.3 Å². The van der Waals surface area contributed by atoms with Crippen LogP contribution < -0.4 is 4.74 Å². The zero-order valence-electron chi connectivity index (χ0n) is 17.6. The van der Waals surface area contributed by atoms with Crippen molar-refractivity contribution in [1.29, 1.82) is 5.26 Å². The molecule has 1 fully saturated rings. The molecule has 1 atom stereocenters. The molecule has 0 saturated carbocycles. The van der Waals surface area contributed by atoms with Crippen LogP contribution in [-0.2, 0) is 24.4 Å². The maximum atomic E-state index is 13.1. The third kappa shape index (κ3) is 5.52. The molecular formula is C25H17Br2FN2O3S. The predicted octanol–water partition coefficient (Wildman–Crippen LogP) is 6.61. The van der Waals surface area contributed by atoms with Crippen molar-refractivity contribution < 1.29 is 18.7 Å². The number of thioether (sulfide) groups is 1. The average Bonchev–Trinajstić information content (AvgIpc) is 3.07. The van der Waals surface area contributed by atoms with Crippen LogP contribution in [0.25, 0.3) is 0 Å². The van der Waals surface area contributed by atoms with Gasteiger partial charge in [-0.2, -0.15) is 5.26 Å². The lowest BCUT2D eigenvalue weighted by Gasteiger charge is -2.15. The van der Waals surface area contributed by atoms with E-state index < -0.39 is 5.25 Å². The van der Waals surface area contributed by atoms with E-state index in [2.05, 4.69) is 37.9 Å². The van der Waals surface area contributed by atoms with E-state index in [1.165, 1.54) is 17.0 Å². The van der Waals surface area contributed by atoms with Crippen molar-refractivity contribution in [1.82, 2.24) is 4.90 Å². The summed E-state index contributed by atoms with van der Waals surface area (Å²) in [6, 6.07) is 18.8. The van der Waals surface area contributed by atoms with Gasteiger partial charge in [0.25, 0.3) is 5.24 Å². The minimum atomic E-state index is -0.541. The van der Waals surface area contributed by atoms with Crippen LogP contribution in [0.3, 0.4) is 0 Å². The fourth-order valence-electron chi connectivity index (χ4n) is 3.53. The zero-order chi connectivity index (χ0) is 24.2. The Hall–Kier alpha value is -2.67. The molecular weight excluding hydrogens is 587 g/mol. The molecule has 0 aliphatic carbocycles. The number of hydrogen-bond donors (Lipinski definition) is 0. The van der Waals surface area contributed by atoms with Gasteiger partial charge < -0.3 is 4.74 Å². The third-order valence-corrected chi connectivity index (χ3v) is 7.50. The maximum absolute atomic E-state index is 13.1. The molecule has 0 N–H and O–H groups in total. The first kappa shape index (κ1) is 24.5. The molecule has 1 saturated heterocycles. The van der Waals surface area contributed by atoms with Gasteiger partial charge in [-0.25, -0.2) is 4.39 Å². The van der Waals surface area contributed by atoms with Crippen LogP contribution in [0.1, 0.15) is 22.3 Å². The minimum Gasteiger partial charge on any atom is -0.486 e. The fourth-order valence-corrected chi connectivity index (χ4v) is 6.07. The van der Waals surface area contributed by atoms with Crippen molar-refractivity contribution in [3.8, 4) is 11.8 Å². The number of halogens is 3. The van der Waals surface area contributed by atoms with Crippen LogP contribution in [0.5, 0.6) is 5.75 Å². The van der Waals surface area contributed by atoms with Gasteiger partial charge in [-0.05, 0) is 79.7 Å². The number of amides is 2. The number of imide groups is 1. The lowest BCUT2D eigenvalue weighted by atomic mass is 10.1. The van der Waals surface area contributed by atoms with Crippen LogP contribution >= 0.6 is 43.6 Å². The lowest BCUT2D eigenvalue weighted by molar-refractivity contribution is -0.127. The summed E-state index contributed by atoms with van der Waals surface area (Å²) in [4.78, 5) is 26.5. The van der Waals surface area contributed by atoms with Gasteiger partial charge in [0.15, 0.2) is 0 Å². The van der Waals surface area contributed by atoms with Crippen molar-refractivity contribution in [2.75, 3.05) is 0 Å².